The van der Waals surface area contributed by atoms with E-state index in [-0.39, 0.29) is 22.1 Å². The molecule has 0 amide bonds. The predicted octanol–water partition coefficient (Wildman–Crippen LogP) is 4.38. The van der Waals surface area contributed by atoms with E-state index < -0.39 is 21.1 Å². The first-order valence-corrected chi connectivity index (χ1v) is 10.7. The minimum absolute atomic E-state index is 0.190. The predicted molar refractivity (Wildman–Crippen MR) is 108 cm³/mol. The van der Waals surface area contributed by atoms with Crippen LogP contribution < -0.4 is 10.0 Å². The maximum absolute atomic E-state index is 14.3. The number of halogens is 3. The Hall–Kier alpha value is -1.59. The number of benzene rings is 1. The van der Waals surface area contributed by atoms with Crippen LogP contribution in [0.2, 0.25) is 5.02 Å². The average molecular weight is 507 g/mol. The normalized spacial score (nSPS) is 14.6. The molecule has 1 aromatic carbocycles. The molecule has 1 saturated carbocycles. The molecule has 1 fully saturated rings. The Labute approximate surface area is 168 Å². The van der Waals surface area contributed by atoms with Crippen molar-refractivity contribution in [2.45, 2.75) is 18.1 Å². The maximum Gasteiger partial charge on any atom is 0.235 e. The van der Waals surface area contributed by atoms with Crippen molar-refractivity contribution < 1.29 is 12.8 Å². The lowest BCUT2D eigenvalue weighted by atomic mass is 10.2. The Kier molecular flexibility index (Phi) is 4.48. The molecule has 0 spiro atoms. The molecule has 2 aromatic heterocycles. The highest BCUT2D eigenvalue weighted by atomic mass is 127. The molecule has 0 unspecified atom stereocenters. The Morgan fingerprint density at radius 3 is 2.77 bits per heavy atom. The summed E-state index contributed by atoms with van der Waals surface area (Å²) >= 11 is 8.45. The van der Waals surface area contributed by atoms with Gasteiger partial charge in [0.05, 0.1) is 22.3 Å². The van der Waals surface area contributed by atoms with E-state index in [1.165, 1.54) is 6.07 Å². The number of pyridine rings is 1. The number of aromatic nitrogens is 2. The van der Waals surface area contributed by atoms with Gasteiger partial charge in [-0.25, -0.2) is 17.8 Å². The fraction of sp³-hybridized carbons (Fsp3) is 0.188. The highest BCUT2D eigenvalue weighted by Gasteiger charge is 2.36. The molecular formula is C16H13ClFIN4O2S. The monoisotopic (exact) mass is 506 g/mol. The molecule has 6 nitrogen and oxygen atoms in total. The van der Waals surface area contributed by atoms with Crippen molar-refractivity contribution in [3.63, 3.8) is 0 Å². The number of nitrogens with zero attached hydrogens (tertiary/aromatic N) is 2. The molecule has 10 heteroatoms. The third-order valence-electron chi connectivity index (χ3n) is 4.03. The number of rotatable bonds is 5. The molecule has 0 radical (unpaired) electrons. The smallest absolute Gasteiger partial charge is 0.235 e. The number of fused-ring (bicyclic) bond motifs is 1. The summed E-state index contributed by atoms with van der Waals surface area (Å²) in [4.78, 5) is 4.16. The molecule has 26 heavy (non-hydrogen) atoms. The van der Waals surface area contributed by atoms with Crippen LogP contribution in [0.1, 0.15) is 12.8 Å². The summed E-state index contributed by atoms with van der Waals surface area (Å²) in [5.74, 6) is -0.466. The Bertz CT molecular complexity index is 1110. The maximum atomic E-state index is 14.3. The molecule has 0 bridgehead atoms. The Morgan fingerprint density at radius 2 is 2.08 bits per heavy atom. The second kappa shape index (κ2) is 6.54. The minimum atomic E-state index is -3.52. The molecule has 2 heterocycles. The molecule has 0 aliphatic heterocycles. The van der Waals surface area contributed by atoms with Crippen molar-refractivity contribution >= 4 is 66.9 Å². The van der Waals surface area contributed by atoms with Gasteiger partial charge in [-0.15, -0.1) is 0 Å². The second-order valence-corrected chi connectivity index (χ2v) is 9.57. The third kappa shape index (κ3) is 3.35. The van der Waals surface area contributed by atoms with Crippen LogP contribution in [0.3, 0.4) is 0 Å². The lowest BCUT2D eigenvalue weighted by Crippen LogP contribution is -2.18. The topological polar surface area (TPSA) is 75.5 Å². The summed E-state index contributed by atoms with van der Waals surface area (Å²) in [6.45, 7) is 0. The van der Waals surface area contributed by atoms with Crippen molar-refractivity contribution in [2.24, 2.45) is 0 Å². The summed E-state index contributed by atoms with van der Waals surface area (Å²) in [6.07, 6.45) is 6.04. The van der Waals surface area contributed by atoms with Crippen molar-refractivity contribution in [1.29, 1.82) is 0 Å². The van der Waals surface area contributed by atoms with Gasteiger partial charge in [-0.2, -0.15) is 0 Å². The van der Waals surface area contributed by atoms with Crippen molar-refractivity contribution in [3.8, 4) is 0 Å². The zero-order valence-electron chi connectivity index (χ0n) is 13.2. The van der Waals surface area contributed by atoms with Crippen molar-refractivity contribution in [2.75, 3.05) is 10.0 Å². The van der Waals surface area contributed by atoms with Gasteiger partial charge in [0.1, 0.15) is 10.8 Å². The first kappa shape index (κ1) is 17.8. The van der Waals surface area contributed by atoms with Crippen LogP contribution in [-0.4, -0.2) is 23.1 Å². The van der Waals surface area contributed by atoms with E-state index in [9.17, 15) is 12.8 Å². The molecule has 2 N–H and O–H groups in total. The van der Waals surface area contributed by atoms with Gasteiger partial charge in [0.2, 0.25) is 10.0 Å². The lowest BCUT2D eigenvalue weighted by Gasteiger charge is -2.17. The molecule has 136 valence electrons. The standard InChI is InChI=1S/C16H13ClFIN4O2S/c17-14-15(21-12-4-1-9(19)7-11(12)18)13(8-23-6-5-20-16(14)23)22-26(24,25)10-2-3-10/h1,4-8,10,21-22H,2-3H2. The Morgan fingerprint density at radius 1 is 1.31 bits per heavy atom. The van der Waals surface area contributed by atoms with Gasteiger partial charge in [-0.05, 0) is 53.6 Å². The highest BCUT2D eigenvalue weighted by Crippen LogP contribution is 2.39. The minimum Gasteiger partial charge on any atom is -0.350 e. The first-order chi connectivity index (χ1) is 12.3. The van der Waals surface area contributed by atoms with E-state index in [0.29, 0.717) is 18.5 Å². The van der Waals surface area contributed by atoms with Crippen LogP contribution in [0.5, 0.6) is 0 Å². The number of hydrogen-bond donors (Lipinski definition) is 2. The summed E-state index contributed by atoms with van der Waals surface area (Å²) < 4.78 is 44.0. The second-order valence-electron chi connectivity index (χ2n) is 5.99. The molecular weight excluding hydrogens is 494 g/mol. The van der Waals surface area contributed by atoms with Crippen LogP contribution in [0.25, 0.3) is 5.65 Å². The number of anilines is 3. The van der Waals surface area contributed by atoms with Gasteiger partial charge in [0.15, 0.2) is 5.65 Å². The van der Waals surface area contributed by atoms with Crippen molar-refractivity contribution in [1.82, 2.24) is 9.38 Å². The van der Waals surface area contributed by atoms with Crippen LogP contribution in [0.15, 0.2) is 36.8 Å². The van der Waals surface area contributed by atoms with Gasteiger partial charge < -0.3 is 9.72 Å². The third-order valence-corrected chi connectivity index (χ3v) is 6.91. The fourth-order valence-corrected chi connectivity index (χ4v) is 4.69. The van der Waals surface area contributed by atoms with Crippen LogP contribution in [0, 0.1) is 9.39 Å². The molecule has 3 aromatic rings. The molecule has 1 aliphatic rings. The van der Waals surface area contributed by atoms with E-state index in [1.807, 2.05) is 22.6 Å². The summed E-state index contributed by atoms with van der Waals surface area (Å²) in [5, 5.41) is 2.71. The SMILES string of the molecule is O=S(=O)(Nc1cn2ccnc2c(Cl)c1Nc1ccc(I)cc1F)C1CC1. The van der Waals surface area contributed by atoms with Gasteiger partial charge in [-0.3, -0.25) is 4.72 Å². The molecule has 4 rings (SSSR count). The zero-order chi connectivity index (χ0) is 18.5. The first-order valence-electron chi connectivity index (χ1n) is 7.74. The molecule has 1 aliphatic carbocycles. The summed E-state index contributed by atoms with van der Waals surface area (Å²) in [7, 11) is -3.52. The molecule has 0 saturated heterocycles. The van der Waals surface area contributed by atoms with E-state index in [4.69, 9.17) is 11.6 Å². The number of nitrogens with one attached hydrogen (secondary N) is 2. The number of hydrogen-bond acceptors (Lipinski definition) is 4. The summed E-state index contributed by atoms with van der Waals surface area (Å²) in [5.41, 5.74) is 1.13. The van der Waals surface area contributed by atoms with E-state index in [2.05, 4.69) is 15.0 Å². The zero-order valence-corrected chi connectivity index (χ0v) is 16.9. The van der Waals surface area contributed by atoms with E-state index in [1.54, 1.807) is 35.1 Å². The van der Waals surface area contributed by atoms with Gasteiger partial charge in [-0.1, -0.05) is 11.6 Å². The molecule has 0 atom stereocenters. The highest BCUT2D eigenvalue weighted by molar-refractivity contribution is 14.1. The van der Waals surface area contributed by atoms with Gasteiger partial charge in [0.25, 0.3) is 0 Å². The van der Waals surface area contributed by atoms with Crippen LogP contribution in [-0.2, 0) is 10.0 Å². The average Bonchev–Trinajstić information content (AvgIpc) is 3.33. The van der Waals surface area contributed by atoms with Gasteiger partial charge >= 0.3 is 0 Å². The lowest BCUT2D eigenvalue weighted by molar-refractivity contribution is 0.600. The van der Waals surface area contributed by atoms with Crippen LogP contribution in [0.4, 0.5) is 21.5 Å². The van der Waals surface area contributed by atoms with E-state index in [0.717, 1.165) is 3.57 Å². The Balaban J connectivity index is 1.82. The van der Waals surface area contributed by atoms with E-state index >= 15 is 0 Å². The largest absolute Gasteiger partial charge is 0.350 e. The number of sulfonamides is 1. The summed E-state index contributed by atoms with van der Waals surface area (Å²) in [6, 6.07) is 4.68. The quantitative estimate of drug-likeness (QED) is 0.504. The van der Waals surface area contributed by atoms with Crippen LogP contribution >= 0.6 is 34.2 Å². The fourth-order valence-electron chi connectivity index (χ4n) is 2.56. The number of imidazole rings is 1. The van der Waals surface area contributed by atoms with Gasteiger partial charge in [0, 0.05) is 22.2 Å². The van der Waals surface area contributed by atoms with Crippen molar-refractivity contribution in [3.05, 3.63) is 51.2 Å².